The number of fused-ring (bicyclic) bond motifs is 1. The highest BCUT2D eigenvalue weighted by molar-refractivity contribution is 5.94. The fourth-order valence-corrected chi connectivity index (χ4v) is 2.80. The molecular weight excluding hydrogens is 298 g/mol. The topological polar surface area (TPSA) is 51.0 Å². The molecule has 2 heterocycles. The summed E-state index contributed by atoms with van der Waals surface area (Å²) in [6.45, 7) is 4.11. The predicted molar refractivity (Wildman–Crippen MR) is 96.4 cm³/mol. The molecule has 0 spiro atoms. The maximum atomic E-state index is 6.01. The summed E-state index contributed by atoms with van der Waals surface area (Å²) in [6, 6.07) is 18.3. The number of nitrogens with one attached hydrogen (secondary N) is 1. The standard InChI is InChI=1S/C20H17N3O/c1-13-8-10-15(11-9-13)18-14(2)17-19(21-12-22-20(17)24-18)23-16-6-4-3-5-7-16/h3-12H,1-2H3,(H,21,22,23). The van der Waals surface area contributed by atoms with Crippen molar-refractivity contribution in [3.63, 3.8) is 0 Å². The van der Waals surface area contributed by atoms with E-state index < -0.39 is 0 Å². The third-order valence-corrected chi connectivity index (χ3v) is 4.08. The van der Waals surface area contributed by atoms with Gasteiger partial charge >= 0.3 is 0 Å². The average molecular weight is 315 g/mol. The van der Waals surface area contributed by atoms with Crippen molar-refractivity contribution in [2.45, 2.75) is 13.8 Å². The molecule has 0 fully saturated rings. The summed E-state index contributed by atoms with van der Waals surface area (Å²) in [4.78, 5) is 8.69. The number of rotatable bonds is 3. The summed E-state index contributed by atoms with van der Waals surface area (Å²) >= 11 is 0. The van der Waals surface area contributed by atoms with Crippen molar-refractivity contribution >= 4 is 22.6 Å². The molecule has 2 aromatic heterocycles. The molecule has 4 rings (SSSR count). The molecule has 118 valence electrons. The Kier molecular flexibility index (Phi) is 3.50. The molecule has 0 unspecified atom stereocenters. The first-order chi connectivity index (χ1) is 11.7. The third-order valence-electron chi connectivity index (χ3n) is 4.08. The molecule has 0 aliphatic heterocycles. The average Bonchev–Trinajstić information content (AvgIpc) is 2.94. The third kappa shape index (κ3) is 2.52. The number of nitrogens with zero attached hydrogens (tertiary/aromatic N) is 2. The minimum Gasteiger partial charge on any atom is -0.437 e. The van der Waals surface area contributed by atoms with E-state index in [1.165, 1.54) is 11.9 Å². The molecule has 0 atom stereocenters. The molecule has 24 heavy (non-hydrogen) atoms. The lowest BCUT2D eigenvalue weighted by Crippen LogP contribution is -1.95. The van der Waals surface area contributed by atoms with Crippen molar-refractivity contribution in [3.8, 4) is 11.3 Å². The van der Waals surface area contributed by atoms with Gasteiger partial charge in [-0.1, -0.05) is 48.0 Å². The van der Waals surface area contributed by atoms with Gasteiger partial charge in [0.2, 0.25) is 5.71 Å². The van der Waals surface area contributed by atoms with E-state index in [2.05, 4.69) is 46.5 Å². The van der Waals surface area contributed by atoms with Crippen LogP contribution in [0.5, 0.6) is 0 Å². The van der Waals surface area contributed by atoms with Crippen LogP contribution in [0.3, 0.4) is 0 Å². The zero-order valence-electron chi connectivity index (χ0n) is 13.6. The molecule has 0 saturated carbocycles. The molecule has 0 aliphatic rings. The van der Waals surface area contributed by atoms with E-state index in [1.54, 1.807) is 0 Å². The van der Waals surface area contributed by atoms with Crippen LogP contribution in [-0.4, -0.2) is 9.97 Å². The number of para-hydroxylation sites is 1. The zero-order valence-corrected chi connectivity index (χ0v) is 13.6. The summed E-state index contributed by atoms with van der Waals surface area (Å²) in [6.07, 6.45) is 1.52. The van der Waals surface area contributed by atoms with Crippen molar-refractivity contribution in [1.82, 2.24) is 9.97 Å². The Labute approximate surface area is 140 Å². The van der Waals surface area contributed by atoms with Crippen LogP contribution in [0.15, 0.2) is 65.3 Å². The lowest BCUT2D eigenvalue weighted by molar-refractivity contribution is 0.615. The number of aryl methyl sites for hydroxylation is 2. The number of hydrogen-bond donors (Lipinski definition) is 1. The van der Waals surface area contributed by atoms with Crippen LogP contribution in [0.4, 0.5) is 11.5 Å². The van der Waals surface area contributed by atoms with Gasteiger partial charge in [-0.15, -0.1) is 0 Å². The molecule has 1 N–H and O–H groups in total. The van der Waals surface area contributed by atoms with Gasteiger partial charge in [0.15, 0.2) is 0 Å². The molecule has 4 heteroatoms. The van der Waals surface area contributed by atoms with Gasteiger partial charge in [-0.05, 0) is 26.0 Å². The zero-order chi connectivity index (χ0) is 16.5. The number of hydrogen-bond acceptors (Lipinski definition) is 4. The second-order valence-electron chi connectivity index (χ2n) is 5.82. The molecule has 2 aromatic carbocycles. The van der Waals surface area contributed by atoms with Crippen LogP contribution in [0.1, 0.15) is 11.1 Å². The minimum absolute atomic E-state index is 0.594. The van der Waals surface area contributed by atoms with Crippen LogP contribution in [0.25, 0.3) is 22.4 Å². The van der Waals surface area contributed by atoms with Crippen molar-refractivity contribution < 1.29 is 4.42 Å². The van der Waals surface area contributed by atoms with Crippen LogP contribution in [0, 0.1) is 13.8 Å². The maximum Gasteiger partial charge on any atom is 0.232 e. The van der Waals surface area contributed by atoms with Crippen LogP contribution in [0.2, 0.25) is 0 Å². The fourth-order valence-electron chi connectivity index (χ4n) is 2.80. The van der Waals surface area contributed by atoms with Gasteiger partial charge in [0.05, 0.1) is 5.39 Å². The highest BCUT2D eigenvalue weighted by Gasteiger charge is 2.17. The summed E-state index contributed by atoms with van der Waals surface area (Å²) in [5.74, 6) is 1.59. The molecule has 4 aromatic rings. The Morgan fingerprint density at radius 1 is 0.875 bits per heavy atom. The van der Waals surface area contributed by atoms with Gasteiger partial charge in [-0.2, -0.15) is 0 Å². The van der Waals surface area contributed by atoms with Gasteiger partial charge < -0.3 is 9.73 Å². The highest BCUT2D eigenvalue weighted by atomic mass is 16.3. The van der Waals surface area contributed by atoms with E-state index in [4.69, 9.17) is 4.42 Å². The Bertz CT molecular complexity index is 989. The Balaban J connectivity index is 1.84. The van der Waals surface area contributed by atoms with Crippen molar-refractivity contribution in [3.05, 3.63) is 72.1 Å². The van der Waals surface area contributed by atoms with E-state index in [9.17, 15) is 0 Å². The largest absolute Gasteiger partial charge is 0.437 e. The van der Waals surface area contributed by atoms with E-state index in [-0.39, 0.29) is 0 Å². The van der Waals surface area contributed by atoms with E-state index in [0.29, 0.717) is 5.71 Å². The quantitative estimate of drug-likeness (QED) is 0.561. The number of furan rings is 1. The van der Waals surface area contributed by atoms with Crippen LogP contribution >= 0.6 is 0 Å². The van der Waals surface area contributed by atoms with Crippen LogP contribution < -0.4 is 5.32 Å². The van der Waals surface area contributed by atoms with Crippen molar-refractivity contribution in [2.75, 3.05) is 5.32 Å². The lowest BCUT2D eigenvalue weighted by atomic mass is 10.1. The Morgan fingerprint density at radius 2 is 1.62 bits per heavy atom. The summed E-state index contributed by atoms with van der Waals surface area (Å²) in [7, 11) is 0. The smallest absolute Gasteiger partial charge is 0.232 e. The SMILES string of the molecule is Cc1ccc(-c2oc3ncnc(Nc4ccccc4)c3c2C)cc1. The first-order valence-electron chi connectivity index (χ1n) is 7.85. The van der Waals surface area contributed by atoms with E-state index >= 15 is 0 Å². The highest BCUT2D eigenvalue weighted by Crippen LogP contribution is 2.35. The minimum atomic E-state index is 0.594. The molecule has 4 nitrogen and oxygen atoms in total. The maximum absolute atomic E-state index is 6.01. The fraction of sp³-hybridized carbons (Fsp3) is 0.100. The predicted octanol–water partition coefficient (Wildman–Crippen LogP) is 5.25. The van der Waals surface area contributed by atoms with Crippen molar-refractivity contribution in [1.29, 1.82) is 0 Å². The number of benzene rings is 2. The molecule has 0 aliphatic carbocycles. The van der Waals surface area contributed by atoms with Gasteiger partial charge in [0.25, 0.3) is 0 Å². The molecule has 0 radical (unpaired) electrons. The summed E-state index contributed by atoms with van der Waals surface area (Å²) in [5, 5.41) is 4.26. The van der Waals surface area contributed by atoms with Crippen LogP contribution in [-0.2, 0) is 0 Å². The Morgan fingerprint density at radius 3 is 2.38 bits per heavy atom. The molecular formula is C20H17N3O. The first kappa shape index (κ1) is 14.5. The van der Waals surface area contributed by atoms with Gasteiger partial charge in [-0.25, -0.2) is 9.97 Å². The van der Waals surface area contributed by atoms with E-state index in [1.807, 2.05) is 37.3 Å². The number of aromatic nitrogens is 2. The second-order valence-corrected chi connectivity index (χ2v) is 5.82. The Hall–Kier alpha value is -3.14. The molecule has 0 amide bonds. The van der Waals surface area contributed by atoms with Gasteiger partial charge in [-0.3, -0.25) is 0 Å². The van der Waals surface area contributed by atoms with Crippen molar-refractivity contribution in [2.24, 2.45) is 0 Å². The normalized spacial score (nSPS) is 10.9. The molecule has 0 saturated heterocycles. The lowest BCUT2D eigenvalue weighted by Gasteiger charge is -2.06. The summed E-state index contributed by atoms with van der Waals surface area (Å²) in [5.41, 5.74) is 4.87. The summed E-state index contributed by atoms with van der Waals surface area (Å²) < 4.78 is 6.01. The van der Waals surface area contributed by atoms with Gasteiger partial charge in [0.1, 0.15) is 17.9 Å². The monoisotopic (exact) mass is 315 g/mol. The first-order valence-corrected chi connectivity index (χ1v) is 7.85. The van der Waals surface area contributed by atoms with Gasteiger partial charge in [0, 0.05) is 16.8 Å². The second kappa shape index (κ2) is 5.81. The molecule has 0 bridgehead atoms. The number of anilines is 2. The van der Waals surface area contributed by atoms with E-state index in [0.717, 1.165) is 33.8 Å².